The van der Waals surface area contributed by atoms with Gasteiger partial charge in [0.05, 0.1) is 6.04 Å². The van der Waals surface area contributed by atoms with Gasteiger partial charge in [0.25, 0.3) is 0 Å². The normalized spacial score (nSPS) is 12.4. The summed E-state index contributed by atoms with van der Waals surface area (Å²) in [5.74, 6) is 0. The van der Waals surface area contributed by atoms with Crippen molar-refractivity contribution in [2.75, 3.05) is 0 Å². The quantitative estimate of drug-likeness (QED) is 0.873. The lowest BCUT2D eigenvalue weighted by molar-refractivity contribution is 0.870. The second-order valence-electron chi connectivity index (χ2n) is 4.24. The highest BCUT2D eigenvalue weighted by molar-refractivity contribution is 6.33. The molecule has 2 aromatic rings. The topological polar surface area (TPSA) is 26.0 Å². The molecule has 0 fully saturated rings. The lowest BCUT2D eigenvalue weighted by Crippen LogP contribution is -2.12. The van der Waals surface area contributed by atoms with Crippen LogP contribution in [0.15, 0.2) is 42.5 Å². The average Bonchev–Trinajstić information content (AvgIpc) is 2.41. The number of nitrogens with two attached hydrogens (primary N) is 1. The van der Waals surface area contributed by atoms with Gasteiger partial charge in [-0.25, -0.2) is 0 Å². The summed E-state index contributed by atoms with van der Waals surface area (Å²) in [5, 5.41) is 1.29. The van der Waals surface area contributed by atoms with Gasteiger partial charge in [0.1, 0.15) is 0 Å². The van der Waals surface area contributed by atoms with Gasteiger partial charge in [-0.05, 0) is 41.3 Å². The van der Waals surface area contributed by atoms with Crippen molar-refractivity contribution in [1.29, 1.82) is 0 Å². The van der Waals surface area contributed by atoms with E-state index >= 15 is 0 Å². The van der Waals surface area contributed by atoms with E-state index in [9.17, 15) is 0 Å². The molecule has 2 aromatic carbocycles. The van der Waals surface area contributed by atoms with Crippen molar-refractivity contribution < 1.29 is 0 Å². The Hall–Kier alpha value is -1.02. The Morgan fingerprint density at radius 2 is 1.72 bits per heavy atom. The number of rotatable bonds is 3. The van der Waals surface area contributed by atoms with E-state index in [4.69, 9.17) is 28.9 Å². The molecule has 1 unspecified atom stereocenters. The maximum absolute atomic E-state index is 6.23. The molecular formula is C15H15Cl2N. The Balaban J connectivity index is 2.34. The highest BCUT2D eigenvalue weighted by atomic mass is 35.5. The molecule has 0 saturated heterocycles. The van der Waals surface area contributed by atoms with Gasteiger partial charge in [0, 0.05) is 10.0 Å². The predicted octanol–water partition coefficient (Wildman–Crippen LogP) is 4.60. The number of benzene rings is 2. The molecule has 94 valence electrons. The van der Waals surface area contributed by atoms with E-state index in [1.807, 2.05) is 18.2 Å². The minimum atomic E-state index is -0.248. The van der Waals surface area contributed by atoms with Gasteiger partial charge < -0.3 is 5.73 Å². The smallest absolute Gasteiger partial charge is 0.0566 e. The van der Waals surface area contributed by atoms with Crippen LogP contribution in [0.5, 0.6) is 0 Å². The van der Waals surface area contributed by atoms with Crippen LogP contribution in [-0.4, -0.2) is 0 Å². The molecule has 18 heavy (non-hydrogen) atoms. The van der Waals surface area contributed by atoms with Crippen LogP contribution in [-0.2, 0) is 6.42 Å². The first-order valence-corrected chi connectivity index (χ1v) is 6.66. The zero-order valence-electron chi connectivity index (χ0n) is 10.2. The Morgan fingerprint density at radius 3 is 2.33 bits per heavy atom. The van der Waals surface area contributed by atoms with Gasteiger partial charge in [0.2, 0.25) is 0 Å². The zero-order valence-corrected chi connectivity index (χ0v) is 11.7. The molecule has 2 N–H and O–H groups in total. The van der Waals surface area contributed by atoms with Crippen molar-refractivity contribution in [3.05, 3.63) is 69.2 Å². The predicted molar refractivity (Wildman–Crippen MR) is 78.3 cm³/mol. The number of hydrogen-bond donors (Lipinski definition) is 1. The molecule has 1 nitrogen and oxygen atoms in total. The van der Waals surface area contributed by atoms with E-state index in [0.29, 0.717) is 10.0 Å². The first-order valence-electron chi connectivity index (χ1n) is 5.91. The van der Waals surface area contributed by atoms with Crippen LogP contribution in [0.3, 0.4) is 0 Å². The monoisotopic (exact) mass is 279 g/mol. The van der Waals surface area contributed by atoms with Crippen molar-refractivity contribution >= 4 is 23.2 Å². The third kappa shape index (κ3) is 2.86. The molecule has 0 aromatic heterocycles. The molecule has 0 aliphatic carbocycles. The minimum Gasteiger partial charge on any atom is -0.320 e. The molecule has 0 radical (unpaired) electrons. The van der Waals surface area contributed by atoms with E-state index in [2.05, 4.69) is 19.1 Å². The second kappa shape index (κ2) is 5.75. The van der Waals surface area contributed by atoms with E-state index in [1.165, 1.54) is 5.56 Å². The number of hydrogen-bond acceptors (Lipinski definition) is 1. The zero-order chi connectivity index (χ0) is 13.1. The SMILES string of the molecule is CCc1ccc(C(N)c2cc(Cl)ccc2Cl)cc1. The summed E-state index contributed by atoms with van der Waals surface area (Å²) in [4.78, 5) is 0. The van der Waals surface area contributed by atoms with Crippen LogP contribution in [0.1, 0.15) is 29.7 Å². The molecule has 0 bridgehead atoms. The highest BCUT2D eigenvalue weighted by Crippen LogP contribution is 2.29. The van der Waals surface area contributed by atoms with Crippen LogP contribution >= 0.6 is 23.2 Å². The summed E-state index contributed by atoms with van der Waals surface area (Å²) < 4.78 is 0. The van der Waals surface area contributed by atoms with Crippen molar-refractivity contribution in [2.45, 2.75) is 19.4 Å². The van der Waals surface area contributed by atoms with Crippen LogP contribution in [0.25, 0.3) is 0 Å². The van der Waals surface area contributed by atoms with Crippen molar-refractivity contribution in [3.63, 3.8) is 0 Å². The third-order valence-electron chi connectivity index (χ3n) is 3.04. The third-order valence-corrected chi connectivity index (χ3v) is 3.62. The van der Waals surface area contributed by atoms with Gasteiger partial charge in [-0.2, -0.15) is 0 Å². The van der Waals surface area contributed by atoms with Crippen LogP contribution < -0.4 is 5.73 Å². The van der Waals surface area contributed by atoms with E-state index in [1.54, 1.807) is 12.1 Å². The van der Waals surface area contributed by atoms with Crippen molar-refractivity contribution in [3.8, 4) is 0 Å². The standard InChI is InChI=1S/C15H15Cl2N/c1-2-10-3-5-11(6-4-10)15(18)13-9-12(16)7-8-14(13)17/h3-9,15H,2,18H2,1H3. The molecule has 0 saturated carbocycles. The van der Waals surface area contributed by atoms with Crippen molar-refractivity contribution in [1.82, 2.24) is 0 Å². The fraction of sp³-hybridized carbons (Fsp3) is 0.200. The largest absolute Gasteiger partial charge is 0.320 e. The molecule has 3 heteroatoms. The lowest BCUT2D eigenvalue weighted by Gasteiger charge is -2.15. The maximum atomic E-state index is 6.23. The van der Waals surface area contributed by atoms with Gasteiger partial charge >= 0.3 is 0 Å². The molecule has 0 aliphatic heterocycles. The molecule has 1 atom stereocenters. The Morgan fingerprint density at radius 1 is 1.06 bits per heavy atom. The first-order chi connectivity index (χ1) is 8.61. The highest BCUT2D eigenvalue weighted by Gasteiger charge is 2.12. The molecule has 0 heterocycles. The van der Waals surface area contributed by atoms with Crippen molar-refractivity contribution in [2.24, 2.45) is 5.73 Å². The number of aryl methyl sites for hydroxylation is 1. The van der Waals surface area contributed by atoms with Gasteiger partial charge in [-0.1, -0.05) is 54.4 Å². The van der Waals surface area contributed by atoms with E-state index < -0.39 is 0 Å². The molecule has 0 spiro atoms. The second-order valence-corrected chi connectivity index (χ2v) is 5.08. The van der Waals surface area contributed by atoms with E-state index in [0.717, 1.165) is 17.5 Å². The van der Waals surface area contributed by atoms with Crippen LogP contribution in [0, 0.1) is 0 Å². The number of halogens is 2. The fourth-order valence-corrected chi connectivity index (χ4v) is 2.31. The van der Waals surface area contributed by atoms with Crippen LogP contribution in [0.4, 0.5) is 0 Å². The molecule has 0 amide bonds. The summed E-state index contributed by atoms with van der Waals surface area (Å²) in [6.45, 7) is 2.13. The van der Waals surface area contributed by atoms with Gasteiger partial charge in [0.15, 0.2) is 0 Å². The fourth-order valence-electron chi connectivity index (χ4n) is 1.89. The van der Waals surface area contributed by atoms with E-state index in [-0.39, 0.29) is 6.04 Å². The summed E-state index contributed by atoms with van der Waals surface area (Å²) in [6, 6.07) is 13.4. The molecule has 0 aliphatic rings. The maximum Gasteiger partial charge on any atom is 0.0566 e. The van der Waals surface area contributed by atoms with Gasteiger partial charge in [-0.15, -0.1) is 0 Å². The Bertz CT molecular complexity index is 535. The summed E-state index contributed by atoms with van der Waals surface area (Å²) >= 11 is 12.1. The molecule has 2 rings (SSSR count). The Kier molecular flexibility index (Phi) is 4.28. The minimum absolute atomic E-state index is 0.248. The summed E-state index contributed by atoms with van der Waals surface area (Å²) in [5.41, 5.74) is 9.42. The Labute approximate surface area is 118 Å². The summed E-state index contributed by atoms with van der Waals surface area (Å²) in [6.07, 6.45) is 1.02. The summed E-state index contributed by atoms with van der Waals surface area (Å²) in [7, 11) is 0. The molecular weight excluding hydrogens is 265 g/mol. The first kappa shape index (κ1) is 13.4. The average molecular weight is 280 g/mol. The van der Waals surface area contributed by atoms with Crippen LogP contribution in [0.2, 0.25) is 10.0 Å². The van der Waals surface area contributed by atoms with Gasteiger partial charge in [-0.3, -0.25) is 0 Å². The lowest BCUT2D eigenvalue weighted by atomic mass is 9.98.